The van der Waals surface area contributed by atoms with Gasteiger partial charge < -0.3 is 10.5 Å². The third kappa shape index (κ3) is 3.47. The highest BCUT2D eigenvalue weighted by Crippen LogP contribution is 2.31. The quantitative estimate of drug-likeness (QED) is 0.896. The third-order valence-electron chi connectivity index (χ3n) is 2.63. The minimum atomic E-state index is -0.379. The van der Waals surface area contributed by atoms with Crippen molar-refractivity contribution in [1.82, 2.24) is 0 Å². The zero-order valence-corrected chi connectivity index (χ0v) is 12.3. The van der Waals surface area contributed by atoms with Crippen molar-refractivity contribution in [3.05, 3.63) is 63.3 Å². The molecule has 2 N–H and O–H groups in total. The summed E-state index contributed by atoms with van der Waals surface area (Å²) < 4.78 is 19.4. The number of hydrogen-bond acceptors (Lipinski definition) is 2. The van der Waals surface area contributed by atoms with E-state index in [1.165, 1.54) is 12.1 Å². The third-order valence-corrected chi connectivity index (χ3v) is 3.59. The van der Waals surface area contributed by atoms with Gasteiger partial charge in [-0.2, -0.15) is 0 Å². The maximum absolute atomic E-state index is 13.0. The average Bonchev–Trinajstić information content (AvgIpc) is 2.39. The van der Waals surface area contributed by atoms with Crippen LogP contribution >= 0.6 is 27.5 Å². The predicted molar refractivity (Wildman–Crippen MR) is 78.0 cm³/mol. The Hall–Kier alpha value is -1.10. The first-order chi connectivity index (χ1) is 9.11. The van der Waals surface area contributed by atoms with Crippen LogP contribution in [-0.4, -0.2) is 6.54 Å². The number of nitrogens with two attached hydrogens (primary N) is 1. The van der Waals surface area contributed by atoms with Crippen LogP contribution in [0.5, 0.6) is 5.75 Å². The molecule has 0 fully saturated rings. The standard InChI is InChI=1S/C14H12BrClFNO/c15-11-7-9(17)5-6-13(11)19-14(8-18)10-3-1-2-4-12(10)16/h1-7,14H,8,18H2. The lowest BCUT2D eigenvalue weighted by Crippen LogP contribution is -2.19. The van der Waals surface area contributed by atoms with Crippen molar-refractivity contribution < 1.29 is 9.13 Å². The van der Waals surface area contributed by atoms with Gasteiger partial charge in [0.1, 0.15) is 17.7 Å². The van der Waals surface area contributed by atoms with Crippen LogP contribution in [0.15, 0.2) is 46.9 Å². The highest BCUT2D eigenvalue weighted by molar-refractivity contribution is 9.10. The highest BCUT2D eigenvalue weighted by Gasteiger charge is 2.16. The summed E-state index contributed by atoms with van der Waals surface area (Å²) in [6.45, 7) is 0.271. The van der Waals surface area contributed by atoms with Gasteiger partial charge in [0.2, 0.25) is 0 Å². The Morgan fingerprint density at radius 1 is 1.26 bits per heavy atom. The number of ether oxygens (including phenoxy) is 1. The van der Waals surface area contributed by atoms with E-state index >= 15 is 0 Å². The average molecular weight is 345 g/mol. The lowest BCUT2D eigenvalue weighted by Gasteiger charge is -2.19. The second-order valence-corrected chi connectivity index (χ2v) is 5.20. The fraction of sp³-hybridized carbons (Fsp3) is 0.143. The van der Waals surface area contributed by atoms with Crippen LogP contribution in [0.3, 0.4) is 0 Å². The van der Waals surface area contributed by atoms with Gasteiger partial charge in [0.15, 0.2) is 0 Å². The van der Waals surface area contributed by atoms with Gasteiger partial charge in [0.25, 0.3) is 0 Å². The van der Waals surface area contributed by atoms with Crippen LogP contribution in [0.1, 0.15) is 11.7 Å². The van der Waals surface area contributed by atoms with Crippen LogP contribution < -0.4 is 10.5 Å². The molecule has 0 saturated heterocycles. The molecule has 0 aliphatic carbocycles. The van der Waals surface area contributed by atoms with Crippen LogP contribution in [0.25, 0.3) is 0 Å². The Labute approximate surface area is 124 Å². The summed E-state index contributed by atoms with van der Waals surface area (Å²) in [5, 5.41) is 0.594. The molecule has 0 aromatic heterocycles. The molecule has 2 aromatic rings. The van der Waals surface area contributed by atoms with E-state index in [1.54, 1.807) is 12.1 Å². The van der Waals surface area contributed by atoms with E-state index in [1.807, 2.05) is 18.2 Å². The molecule has 0 spiro atoms. The number of benzene rings is 2. The highest BCUT2D eigenvalue weighted by atomic mass is 79.9. The summed E-state index contributed by atoms with van der Waals surface area (Å²) >= 11 is 9.38. The van der Waals surface area contributed by atoms with Crippen molar-refractivity contribution in [3.8, 4) is 5.75 Å². The predicted octanol–water partition coefficient (Wildman–Crippen LogP) is 4.32. The molecule has 100 valence electrons. The normalized spacial score (nSPS) is 12.2. The summed E-state index contributed by atoms with van der Waals surface area (Å²) in [7, 11) is 0. The SMILES string of the molecule is NCC(Oc1ccc(F)cc1Br)c1ccccc1Cl. The molecule has 0 heterocycles. The Morgan fingerprint density at radius 2 is 2.00 bits per heavy atom. The topological polar surface area (TPSA) is 35.2 Å². The first kappa shape index (κ1) is 14.3. The minimum Gasteiger partial charge on any atom is -0.483 e. The second kappa shape index (κ2) is 6.37. The van der Waals surface area contributed by atoms with Gasteiger partial charge in [-0.05, 0) is 40.2 Å². The molecule has 2 nitrogen and oxygen atoms in total. The molecule has 1 atom stereocenters. The van der Waals surface area contributed by atoms with Gasteiger partial charge in [-0.3, -0.25) is 0 Å². The molecule has 1 unspecified atom stereocenters. The monoisotopic (exact) mass is 343 g/mol. The van der Waals surface area contributed by atoms with Crippen LogP contribution in [-0.2, 0) is 0 Å². The largest absolute Gasteiger partial charge is 0.483 e. The summed E-state index contributed by atoms with van der Waals surface area (Å²) in [5.74, 6) is 0.193. The first-order valence-corrected chi connectivity index (χ1v) is 6.85. The summed E-state index contributed by atoms with van der Waals surface area (Å²) in [6, 6.07) is 11.6. The zero-order valence-electron chi connectivity index (χ0n) is 9.95. The molecule has 2 aromatic carbocycles. The van der Waals surface area contributed by atoms with Crippen molar-refractivity contribution >= 4 is 27.5 Å². The van der Waals surface area contributed by atoms with Crippen molar-refractivity contribution in [3.63, 3.8) is 0 Å². The van der Waals surface area contributed by atoms with Crippen molar-refractivity contribution in [2.75, 3.05) is 6.54 Å². The molecule has 0 aliphatic rings. The molecular formula is C14H12BrClFNO. The Balaban J connectivity index is 2.27. The van der Waals surface area contributed by atoms with E-state index in [2.05, 4.69) is 15.9 Å². The Bertz CT molecular complexity index is 579. The smallest absolute Gasteiger partial charge is 0.137 e. The van der Waals surface area contributed by atoms with Gasteiger partial charge in [-0.1, -0.05) is 29.8 Å². The minimum absolute atomic E-state index is 0.271. The first-order valence-electron chi connectivity index (χ1n) is 5.68. The molecule has 5 heteroatoms. The lowest BCUT2D eigenvalue weighted by atomic mass is 10.1. The van der Waals surface area contributed by atoms with Gasteiger partial charge in [-0.25, -0.2) is 4.39 Å². The molecule has 0 saturated carbocycles. The fourth-order valence-electron chi connectivity index (χ4n) is 1.70. The van der Waals surface area contributed by atoms with Gasteiger partial charge >= 0.3 is 0 Å². The number of halogens is 3. The molecule has 0 radical (unpaired) electrons. The van der Waals surface area contributed by atoms with Gasteiger partial charge in [0, 0.05) is 17.1 Å². The van der Waals surface area contributed by atoms with Crippen molar-refractivity contribution in [1.29, 1.82) is 0 Å². The lowest BCUT2D eigenvalue weighted by molar-refractivity contribution is 0.212. The number of hydrogen-bond donors (Lipinski definition) is 1. The van der Waals surface area contributed by atoms with Crippen LogP contribution in [0.2, 0.25) is 5.02 Å². The maximum Gasteiger partial charge on any atom is 0.137 e. The van der Waals surface area contributed by atoms with Crippen molar-refractivity contribution in [2.45, 2.75) is 6.10 Å². The van der Waals surface area contributed by atoms with Gasteiger partial charge in [0.05, 0.1) is 4.47 Å². The summed E-state index contributed by atoms with van der Waals surface area (Å²) in [6.07, 6.45) is -0.379. The van der Waals surface area contributed by atoms with Crippen molar-refractivity contribution in [2.24, 2.45) is 5.73 Å². The Morgan fingerprint density at radius 3 is 2.63 bits per heavy atom. The van der Waals surface area contributed by atoms with E-state index in [4.69, 9.17) is 22.1 Å². The zero-order chi connectivity index (χ0) is 13.8. The van der Waals surface area contributed by atoms with E-state index in [0.29, 0.717) is 15.2 Å². The molecule has 0 aliphatic heterocycles. The van der Waals surface area contributed by atoms with Crippen LogP contribution in [0, 0.1) is 5.82 Å². The second-order valence-electron chi connectivity index (χ2n) is 3.94. The molecule has 2 rings (SSSR count). The van der Waals surface area contributed by atoms with E-state index in [9.17, 15) is 4.39 Å². The Kier molecular flexibility index (Phi) is 4.80. The molecule has 0 amide bonds. The molecule has 19 heavy (non-hydrogen) atoms. The van der Waals surface area contributed by atoms with Crippen LogP contribution in [0.4, 0.5) is 4.39 Å². The summed E-state index contributed by atoms with van der Waals surface area (Å²) in [4.78, 5) is 0. The van der Waals surface area contributed by atoms with E-state index < -0.39 is 0 Å². The maximum atomic E-state index is 13.0. The molecular weight excluding hydrogens is 333 g/mol. The van der Waals surface area contributed by atoms with E-state index in [0.717, 1.165) is 5.56 Å². The number of rotatable bonds is 4. The fourth-order valence-corrected chi connectivity index (χ4v) is 2.40. The van der Waals surface area contributed by atoms with E-state index in [-0.39, 0.29) is 18.5 Å². The summed E-state index contributed by atoms with van der Waals surface area (Å²) in [5.41, 5.74) is 6.54. The van der Waals surface area contributed by atoms with Gasteiger partial charge in [-0.15, -0.1) is 0 Å². The molecule has 0 bridgehead atoms.